The number of rotatable bonds is 2. The third-order valence-electron chi connectivity index (χ3n) is 2.34. The highest BCUT2D eigenvalue weighted by Crippen LogP contribution is 2.42. The van der Waals surface area contributed by atoms with Crippen LogP contribution in [0.2, 0.25) is 0 Å². The molecule has 7 heteroatoms. The van der Waals surface area contributed by atoms with Crippen molar-refractivity contribution in [2.24, 2.45) is 0 Å². The van der Waals surface area contributed by atoms with Gasteiger partial charge in [0.2, 0.25) is 5.66 Å². The summed E-state index contributed by atoms with van der Waals surface area (Å²) in [5, 5.41) is 8.68. The first-order valence-corrected chi connectivity index (χ1v) is 4.32. The molecule has 1 saturated heterocycles. The minimum Gasteiger partial charge on any atom is -0.478 e. The van der Waals surface area contributed by atoms with E-state index in [1.54, 1.807) is 0 Å². The van der Waals surface area contributed by atoms with Gasteiger partial charge in [0.1, 0.15) is 0 Å². The van der Waals surface area contributed by atoms with Crippen LogP contribution in [0.1, 0.15) is 15.9 Å². The number of carbonyl (C=O) groups is 1. The molecular formula is C9H7F3N2O2. The third-order valence-corrected chi connectivity index (χ3v) is 2.34. The zero-order chi connectivity index (χ0) is 12.0. The average Bonchev–Trinajstić information content (AvgIpc) is 2.97. The summed E-state index contributed by atoms with van der Waals surface area (Å²) in [5.41, 5.74) is 1.35. The quantitative estimate of drug-likeness (QED) is 0.669. The van der Waals surface area contributed by atoms with Crippen molar-refractivity contribution < 1.29 is 23.1 Å². The van der Waals surface area contributed by atoms with Crippen LogP contribution in [0, 0.1) is 0 Å². The van der Waals surface area contributed by atoms with E-state index < -0.39 is 17.8 Å². The van der Waals surface area contributed by atoms with E-state index >= 15 is 0 Å². The minimum absolute atomic E-state index is 0.167. The number of hydrogen-bond acceptors (Lipinski definition) is 3. The van der Waals surface area contributed by atoms with Gasteiger partial charge in [-0.1, -0.05) is 12.1 Å². The molecule has 0 unspecified atom stereocenters. The van der Waals surface area contributed by atoms with Crippen LogP contribution in [-0.2, 0) is 5.66 Å². The smallest absolute Gasteiger partial charge is 0.426 e. The normalized spacial score (nSPS) is 18.2. The van der Waals surface area contributed by atoms with Crippen molar-refractivity contribution in [2.75, 3.05) is 0 Å². The zero-order valence-corrected chi connectivity index (χ0v) is 7.80. The molecule has 1 aromatic rings. The van der Waals surface area contributed by atoms with Crippen molar-refractivity contribution in [3.05, 3.63) is 35.4 Å². The number of hydrogen-bond donors (Lipinski definition) is 3. The lowest BCUT2D eigenvalue weighted by Crippen LogP contribution is -2.34. The molecule has 0 atom stereocenters. The molecular weight excluding hydrogens is 225 g/mol. The van der Waals surface area contributed by atoms with Crippen LogP contribution in [0.5, 0.6) is 0 Å². The molecule has 1 heterocycles. The van der Waals surface area contributed by atoms with Gasteiger partial charge in [-0.05, 0) is 17.7 Å². The summed E-state index contributed by atoms with van der Waals surface area (Å²) in [6.07, 6.45) is -4.52. The first-order valence-electron chi connectivity index (χ1n) is 4.32. The van der Waals surface area contributed by atoms with Gasteiger partial charge in [-0.2, -0.15) is 13.2 Å². The summed E-state index contributed by atoms with van der Waals surface area (Å²) in [7, 11) is 0. The van der Waals surface area contributed by atoms with Crippen LogP contribution < -0.4 is 10.9 Å². The summed E-state index contributed by atoms with van der Waals surface area (Å²) < 4.78 is 37.9. The Balaban J connectivity index is 2.42. The van der Waals surface area contributed by atoms with Gasteiger partial charge in [0.25, 0.3) is 0 Å². The average molecular weight is 232 g/mol. The predicted molar refractivity (Wildman–Crippen MR) is 47.4 cm³/mol. The summed E-state index contributed by atoms with van der Waals surface area (Å²) in [5.74, 6) is -1.26. The molecule has 0 saturated carbocycles. The molecule has 0 aromatic heterocycles. The van der Waals surface area contributed by atoms with Gasteiger partial charge in [0, 0.05) is 0 Å². The van der Waals surface area contributed by atoms with E-state index in [0.717, 1.165) is 6.07 Å². The van der Waals surface area contributed by atoms with Crippen molar-refractivity contribution in [1.82, 2.24) is 10.9 Å². The van der Waals surface area contributed by atoms with E-state index in [-0.39, 0.29) is 11.1 Å². The maximum atomic E-state index is 12.6. The molecule has 0 bridgehead atoms. The maximum absolute atomic E-state index is 12.6. The maximum Gasteiger partial charge on any atom is 0.426 e. The highest BCUT2D eigenvalue weighted by molar-refractivity contribution is 5.87. The molecule has 0 amide bonds. The lowest BCUT2D eigenvalue weighted by atomic mass is 10.0. The number of aromatic carboxylic acids is 1. The van der Waals surface area contributed by atoms with E-state index in [9.17, 15) is 18.0 Å². The highest BCUT2D eigenvalue weighted by atomic mass is 19.4. The SMILES string of the molecule is O=C(O)c1cccc(C2(C(F)(F)F)NN2)c1. The van der Waals surface area contributed by atoms with Gasteiger partial charge < -0.3 is 5.11 Å². The molecule has 0 aliphatic carbocycles. The van der Waals surface area contributed by atoms with Crippen LogP contribution in [0.25, 0.3) is 0 Å². The van der Waals surface area contributed by atoms with Crippen LogP contribution >= 0.6 is 0 Å². The van der Waals surface area contributed by atoms with Gasteiger partial charge in [-0.25, -0.2) is 15.6 Å². The Morgan fingerprint density at radius 1 is 1.31 bits per heavy atom. The molecule has 1 fully saturated rings. The summed E-state index contributed by atoms with van der Waals surface area (Å²) in [6, 6.07) is 4.71. The fourth-order valence-electron chi connectivity index (χ4n) is 1.40. The van der Waals surface area contributed by atoms with Gasteiger partial charge in [-0.3, -0.25) is 0 Å². The molecule has 1 aromatic carbocycles. The number of benzene rings is 1. The van der Waals surface area contributed by atoms with Gasteiger partial charge in [-0.15, -0.1) is 0 Å². The van der Waals surface area contributed by atoms with Crippen molar-refractivity contribution in [2.45, 2.75) is 11.8 Å². The molecule has 16 heavy (non-hydrogen) atoms. The van der Waals surface area contributed by atoms with Crippen LogP contribution in [0.4, 0.5) is 13.2 Å². The Kier molecular flexibility index (Phi) is 2.18. The summed E-state index contributed by atoms with van der Waals surface area (Å²) in [6.45, 7) is 0. The van der Waals surface area contributed by atoms with E-state index in [4.69, 9.17) is 5.11 Å². The first kappa shape index (κ1) is 10.9. The summed E-state index contributed by atoms with van der Waals surface area (Å²) >= 11 is 0. The second-order valence-electron chi connectivity index (χ2n) is 3.38. The molecule has 2 rings (SSSR count). The molecule has 1 aliphatic rings. The Hall–Kier alpha value is -1.60. The molecule has 4 nitrogen and oxygen atoms in total. The molecule has 3 N–H and O–H groups in total. The Morgan fingerprint density at radius 3 is 2.38 bits per heavy atom. The van der Waals surface area contributed by atoms with Gasteiger partial charge in [0.05, 0.1) is 5.56 Å². The minimum atomic E-state index is -4.52. The fraction of sp³-hybridized carbons (Fsp3) is 0.222. The van der Waals surface area contributed by atoms with E-state index in [1.807, 2.05) is 10.9 Å². The Labute approximate surface area is 88.0 Å². The largest absolute Gasteiger partial charge is 0.478 e. The molecule has 86 valence electrons. The monoisotopic (exact) mass is 232 g/mol. The van der Waals surface area contributed by atoms with Crippen molar-refractivity contribution >= 4 is 5.97 Å². The predicted octanol–water partition coefficient (Wildman–Crippen LogP) is 1.21. The van der Waals surface area contributed by atoms with Gasteiger partial charge >= 0.3 is 12.1 Å². The van der Waals surface area contributed by atoms with Gasteiger partial charge in [0.15, 0.2) is 0 Å². The van der Waals surface area contributed by atoms with E-state index in [1.165, 1.54) is 18.2 Å². The zero-order valence-electron chi connectivity index (χ0n) is 7.80. The Bertz CT molecular complexity index is 441. The number of nitrogens with one attached hydrogen (secondary N) is 2. The standard InChI is InChI=1S/C9H7F3N2O2/c10-9(11,12)8(13-14-8)6-3-1-2-5(4-6)7(15)16/h1-4,13-14H,(H,15,16). The number of halogens is 3. The first-order chi connectivity index (χ1) is 7.37. The topological polar surface area (TPSA) is 81.2 Å². The summed E-state index contributed by atoms with van der Waals surface area (Å²) in [4.78, 5) is 10.6. The van der Waals surface area contributed by atoms with Crippen molar-refractivity contribution in [1.29, 1.82) is 0 Å². The van der Waals surface area contributed by atoms with E-state index in [0.29, 0.717) is 0 Å². The highest BCUT2D eigenvalue weighted by Gasteiger charge is 2.65. The number of carboxylic acids is 1. The van der Waals surface area contributed by atoms with E-state index in [2.05, 4.69) is 0 Å². The molecule has 0 radical (unpaired) electrons. The second kappa shape index (κ2) is 3.19. The number of carboxylic acid groups (broad SMARTS) is 1. The molecule has 1 aliphatic heterocycles. The number of alkyl halides is 3. The van der Waals surface area contributed by atoms with Crippen LogP contribution in [0.3, 0.4) is 0 Å². The Morgan fingerprint density at radius 2 is 1.94 bits per heavy atom. The van der Waals surface area contributed by atoms with Crippen molar-refractivity contribution in [3.8, 4) is 0 Å². The third kappa shape index (κ3) is 1.54. The fourth-order valence-corrected chi connectivity index (χ4v) is 1.40. The lowest BCUT2D eigenvalue weighted by Gasteiger charge is -2.16. The van der Waals surface area contributed by atoms with Crippen molar-refractivity contribution in [3.63, 3.8) is 0 Å². The van der Waals surface area contributed by atoms with Crippen LogP contribution in [-0.4, -0.2) is 17.3 Å². The van der Waals surface area contributed by atoms with Crippen LogP contribution in [0.15, 0.2) is 24.3 Å². The second-order valence-corrected chi connectivity index (χ2v) is 3.38. The number of hydrazine groups is 1. The molecule has 0 spiro atoms. The lowest BCUT2D eigenvalue weighted by molar-refractivity contribution is -0.165.